The normalized spacial score (nSPS) is 16.2. The maximum absolute atomic E-state index is 2.28. The molecule has 0 unspecified atom stereocenters. The first kappa shape index (κ1) is 12.0. The second-order valence-electron chi connectivity index (χ2n) is 3.91. The van der Waals surface area contributed by atoms with Crippen molar-refractivity contribution in [3.05, 3.63) is 0 Å². The number of rotatable bonds is 4. The first-order valence-corrected chi connectivity index (χ1v) is 5.85. The van der Waals surface area contributed by atoms with Gasteiger partial charge >= 0.3 is 0 Å². The molecule has 0 heterocycles. The predicted molar refractivity (Wildman–Crippen MR) is 57.4 cm³/mol. The fourth-order valence-corrected chi connectivity index (χ4v) is 1.40. The van der Waals surface area contributed by atoms with Crippen LogP contribution in [0.25, 0.3) is 0 Å². The Morgan fingerprint density at radius 2 is 1.42 bits per heavy atom. The van der Waals surface area contributed by atoms with Crippen LogP contribution in [0, 0.1) is 5.92 Å². The van der Waals surface area contributed by atoms with Crippen LogP contribution in [0.1, 0.15) is 72.1 Å². The highest BCUT2D eigenvalue weighted by molar-refractivity contribution is 4.66. The average Bonchev–Trinajstić information content (AvgIpc) is 2.00. The lowest BCUT2D eigenvalue weighted by Crippen LogP contribution is -2.08. The van der Waals surface area contributed by atoms with Gasteiger partial charge in [-0.15, -0.1) is 0 Å². The third-order valence-corrected chi connectivity index (χ3v) is 2.76. The molecule has 0 heteroatoms. The van der Waals surface area contributed by atoms with Crippen LogP contribution in [0.4, 0.5) is 0 Å². The summed E-state index contributed by atoms with van der Waals surface area (Å²) in [5.41, 5.74) is 0. The van der Waals surface area contributed by atoms with Crippen LogP contribution >= 0.6 is 0 Å². The molecule has 0 bridgehead atoms. The lowest BCUT2D eigenvalue weighted by molar-refractivity contribution is 0.307. The summed E-state index contributed by atoms with van der Waals surface area (Å²) in [5.74, 6) is 1.12. The van der Waals surface area contributed by atoms with E-state index in [4.69, 9.17) is 0 Å². The zero-order valence-corrected chi connectivity index (χ0v) is 9.23. The zero-order valence-electron chi connectivity index (χ0n) is 9.23. The molecule has 74 valence electrons. The van der Waals surface area contributed by atoms with E-state index in [2.05, 4.69) is 20.8 Å². The highest BCUT2D eigenvalue weighted by Crippen LogP contribution is 2.28. The van der Waals surface area contributed by atoms with Crippen molar-refractivity contribution in [1.82, 2.24) is 0 Å². The van der Waals surface area contributed by atoms with Crippen molar-refractivity contribution in [2.75, 3.05) is 0 Å². The molecule has 0 nitrogen and oxygen atoms in total. The van der Waals surface area contributed by atoms with Gasteiger partial charge in [-0.05, 0) is 5.92 Å². The first-order valence-electron chi connectivity index (χ1n) is 5.85. The molecule has 0 saturated heterocycles. The van der Waals surface area contributed by atoms with Gasteiger partial charge in [0.1, 0.15) is 0 Å². The van der Waals surface area contributed by atoms with Crippen LogP contribution in [-0.4, -0.2) is 0 Å². The Labute approximate surface area is 78.8 Å². The second kappa shape index (κ2) is 9.09. The maximum Gasteiger partial charge on any atom is -0.0417 e. The monoisotopic (exact) mass is 170 g/mol. The highest BCUT2D eigenvalue weighted by atomic mass is 14.2. The molecule has 1 aliphatic carbocycles. The highest BCUT2D eigenvalue weighted by Gasteiger charge is 2.13. The summed E-state index contributed by atoms with van der Waals surface area (Å²) in [4.78, 5) is 0. The van der Waals surface area contributed by atoms with E-state index < -0.39 is 0 Å². The van der Waals surface area contributed by atoms with Crippen molar-refractivity contribution in [3.8, 4) is 0 Å². The lowest BCUT2D eigenvalue weighted by Gasteiger charge is -2.22. The Bertz CT molecular complexity index is 65.4. The van der Waals surface area contributed by atoms with Crippen LogP contribution in [0.2, 0.25) is 0 Å². The second-order valence-corrected chi connectivity index (χ2v) is 3.91. The van der Waals surface area contributed by atoms with Gasteiger partial charge in [-0.25, -0.2) is 0 Å². The van der Waals surface area contributed by atoms with Gasteiger partial charge in [-0.1, -0.05) is 72.1 Å². The zero-order chi connectivity index (χ0) is 9.23. The summed E-state index contributed by atoms with van der Waals surface area (Å²) in [6, 6.07) is 0. The van der Waals surface area contributed by atoms with E-state index in [1.165, 1.54) is 51.4 Å². The molecular formula is C12H26. The molecule has 1 saturated carbocycles. The van der Waals surface area contributed by atoms with Crippen molar-refractivity contribution >= 4 is 0 Å². The van der Waals surface area contributed by atoms with Crippen LogP contribution in [0.15, 0.2) is 0 Å². The van der Waals surface area contributed by atoms with Crippen molar-refractivity contribution < 1.29 is 0 Å². The van der Waals surface area contributed by atoms with E-state index in [0.29, 0.717) is 0 Å². The summed E-state index contributed by atoms with van der Waals surface area (Å²) < 4.78 is 0. The van der Waals surface area contributed by atoms with Gasteiger partial charge in [0.25, 0.3) is 0 Å². The smallest absolute Gasteiger partial charge is 0.0417 e. The third kappa shape index (κ3) is 6.69. The minimum atomic E-state index is 1.12. The summed E-state index contributed by atoms with van der Waals surface area (Å²) in [5, 5.41) is 0. The minimum Gasteiger partial charge on any atom is -0.0654 e. The van der Waals surface area contributed by atoms with Crippen molar-refractivity contribution in [3.63, 3.8) is 0 Å². The molecule has 0 amide bonds. The van der Waals surface area contributed by atoms with Crippen LogP contribution < -0.4 is 0 Å². The molecule has 0 aromatic carbocycles. The molecule has 0 aliphatic heterocycles. The molecule has 1 rings (SSSR count). The largest absolute Gasteiger partial charge is 0.0654 e. The van der Waals surface area contributed by atoms with Crippen LogP contribution in [-0.2, 0) is 0 Å². The number of unbranched alkanes of at least 4 members (excludes halogenated alkanes) is 3. The molecule has 1 aliphatic rings. The van der Waals surface area contributed by atoms with Crippen molar-refractivity contribution in [2.45, 2.75) is 72.1 Å². The fourth-order valence-electron chi connectivity index (χ4n) is 1.40. The van der Waals surface area contributed by atoms with Gasteiger partial charge in [0, 0.05) is 0 Å². The van der Waals surface area contributed by atoms with Gasteiger partial charge in [0.2, 0.25) is 0 Å². The van der Waals surface area contributed by atoms with Crippen molar-refractivity contribution in [1.29, 1.82) is 0 Å². The summed E-state index contributed by atoms with van der Waals surface area (Å²) in [6.07, 6.45) is 11.5. The first-order chi connectivity index (χ1) is 5.85. The Kier molecular flexibility index (Phi) is 9.09. The van der Waals surface area contributed by atoms with E-state index in [-0.39, 0.29) is 0 Å². The molecule has 0 aromatic rings. The number of hydrogen-bond acceptors (Lipinski definition) is 0. The summed E-state index contributed by atoms with van der Waals surface area (Å²) in [7, 11) is 0. The Morgan fingerprint density at radius 3 is 1.50 bits per heavy atom. The molecule has 1 fully saturated rings. The van der Waals surface area contributed by atoms with E-state index in [9.17, 15) is 0 Å². The molecule has 0 atom stereocenters. The van der Waals surface area contributed by atoms with Gasteiger partial charge < -0.3 is 0 Å². The molecule has 0 radical (unpaired) electrons. The van der Waals surface area contributed by atoms with E-state index in [1.807, 2.05) is 0 Å². The van der Waals surface area contributed by atoms with Crippen molar-refractivity contribution in [2.24, 2.45) is 5.92 Å². The predicted octanol–water partition coefficient (Wildman–Crippen LogP) is 4.78. The Balaban J connectivity index is 0.000000202. The molecule has 0 spiro atoms. The van der Waals surface area contributed by atoms with Gasteiger partial charge in [-0.3, -0.25) is 0 Å². The van der Waals surface area contributed by atoms with E-state index >= 15 is 0 Å². The minimum absolute atomic E-state index is 1.12. The maximum atomic E-state index is 2.28. The topological polar surface area (TPSA) is 0 Å². The molecule has 12 heavy (non-hydrogen) atoms. The standard InChI is InChI=1S/C6H12.C6H14/c1-2-6-4-3-5-6;1-3-5-6-4-2/h6H,2-5H2,1H3;3-6H2,1-2H3. The molecule has 0 N–H and O–H groups in total. The quantitative estimate of drug-likeness (QED) is 0.532. The van der Waals surface area contributed by atoms with E-state index in [1.54, 1.807) is 0 Å². The van der Waals surface area contributed by atoms with Gasteiger partial charge in [0.15, 0.2) is 0 Å². The summed E-state index contributed by atoms with van der Waals surface area (Å²) in [6.45, 7) is 6.75. The molecule has 0 aromatic heterocycles. The Morgan fingerprint density at radius 1 is 0.917 bits per heavy atom. The fraction of sp³-hybridized carbons (Fsp3) is 1.00. The third-order valence-electron chi connectivity index (χ3n) is 2.76. The lowest BCUT2D eigenvalue weighted by atomic mass is 9.84. The SMILES string of the molecule is CCC1CCC1.CCCCCC. The van der Waals surface area contributed by atoms with E-state index in [0.717, 1.165) is 5.92 Å². The average molecular weight is 170 g/mol. The van der Waals surface area contributed by atoms with Gasteiger partial charge in [0.05, 0.1) is 0 Å². The number of hydrogen-bond donors (Lipinski definition) is 0. The molecular weight excluding hydrogens is 144 g/mol. The van der Waals surface area contributed by atoms with Crippen LogP contribution in [0.5, 0.6) is 0 Å². The van der Waals surface area contributed by atoms with Gasteiger partial charge in [-0.2, -0.15) is 0 Å². The Hall–Kier alpha value is 0. The van der Waals surface area contributed by atoms with Crippen LogP contribution in [0.3, 0.4) is 0 Å². The summed E-state index contributed by atoms with van der Waals surface area (Å²) >= 11 is 0.